The Hall–Kier alpha value is -3.12. The number of aryl methyl sites for hydroxylation is 2. The van der Waals surface area contributed by atoms with Crippen LogP contribution in [0.3, 0.4) is 0 Å². The number of rotatable bonds is 8. The molecule has 1 heterocycles. The summed E-state index contributed by atoms with van der Waals surface area (Å²) in [5, 5.41) is 7.22. The minimum absolute atomic E-state index is 0.0487. The Morgan fingerprint density at radius 1 is 1.13 bits per heavy atom. The van der Waals surface area contributed by atoms with Crippen molar-refractivity contribution in [3.63, 3.8) is 0 Å². The lowest BCUT2D eigenvalue weighted by Crippen LogP contribution is -2.36. The Morgan fingerprint density at radius 3 is 2.57 bits per heavy atom. The maximum atomic E-state index is 12.6. The van der Waals surface area contributed by atoms with Crippen LogP contribution < -0.4 is 5.32 Å². The quantitative estimate of drug-likeness (QED) is 0.532. The molecule has 0 fully saturated rings. The van der Waals surface area contributed by atoms with Gasteiger partial charge in [-0.2, -0.15) is 0 Å². The molecule has 1 amide bonds. The van der Waals surface area contributed by atoms with Gasteiger partial charge in [0.2, 0.25) is 0 Å². The van der Waals surface area contributed by atoms with Crippen LogP contribution in [0.25, 0.3) is 11.3 Å². The van der Waals surface area contributed by atoms with Crippen LogP contribution in [0.2, 0.25) is 5.02 Å². The van der Waals surface area contributed by atoms with Gasteiger partial charge < -0.3 is 14.6 Å². The monoisotopic (exact) mass is 426 g/mol. The van der Waals surface area contributed by atoms with Gasteiger partial charge in [-0.15, -0.1) is 0 Å². The number of halogens is 1. The fourth-order valence-electron chi connectivity index (χ4n) is 3.07. The molecule has 6 nitrogen and oxygen atoms in total. The van der Waals surface area contributed by atoms with Crippen LogP contribution in [-0.4, -0.2) is 29.7 Å². The number of amides is 1. The highest BCUT2D eigenvalue weighted by Gasteiger charge is 2.25. The third-order valence-electron chi connectivity index (χ3n) is 4.65. The molecule has 7 heteroatoms. The molecule has 0 bridgehead atoms. The van der Waals surface area contributed by atoms with E-state index >= 15 is 0 Å². The highest BCUT2D eigenvalue weighted by molar-refractivity contribution is 6.33. The Bertz CT molecular complexity index is 1020. The molecular formula is C23H23ClN2O4. The van der Waals surface area contributed by atoms with Crippen molar-refractivity contribution in [3.05, 3.63) is 76.5 Å². The lowest BCUT2D eigenvalue weighted by molar-refractivity contribution is -0.124. The molecule has 1 aromatic heterocycles. The van der Waals surface area contributed by atoms with E-state index in [2.05, 4.69) is 10.5 Å². The number of hydrogen-bond acceptors (Lipinski definition) is 5. The minimum Gasteiger partial charge on any atom is -0.452 e. The van der Waals surface area contributed by atoms with E-state index in [9.17, 15) is 9.59 Å². The molecular weight excluding hydrogens is 404 g/mol. The predicted molar refractivity (Wildman–Crippen MR) is 114 cm³/mol. The van der Waals surface area contributed by atoms with E-state index in [4.69, 9.17) is 20.9 Å². The number of ether oxygens (including phenoxy) is 1. The molecule has 0 aliphatic rings. The first kappa shape index (κ1) is 21.6. The summed E-state index contributed by atoms with van der Waals surface area (Å²) in [6.45, 7) is 3.14. The normalized spacial score (nSPS) is 11.7. The summed E-state index contributed by atoms with van der Waals surface area (Å²) in [6, 6.07) is 17.0. The Morgan fingerprint density at radius 2 is 1.83 bits per heavy atom. The molecule has 0 saturated carbocycles. The first-order valence-electron chi connectivity index (χ1n) is 9.67. The van der Waals surface area contributed by atoms with Gasteiger partial charge in [-0.3, -0.25) is 4.79 Å². The average Bonchev–Trinajstić information content (AvgIpc) is 3.13. The number of aromatic nitrogens is 1. The van der Waals surface area contributed by atoms with Crippen molar-refractivity contribution in [2.45, 2.75) is 32.7 Å². The van der Waals surface area contributed by atoms with Crippen molar-refractivity contribution < 1.29 is 18.8 Å². The van der Waals surface area contributed by atoms with Gasteiger partial charge in [-0.05, 0) is 38.3 Å². The molecule has 1 N–H and O–H groups in total. The number of carbonyl (C=O) groups is 2. The molecule has 3 rings (SSSR count). The number of hydrogen-bond donors (Lipinski definition) is 1. The highest BCUT2D eigenvalue weighted by Crippen LogP contribution is 2.31. The van der Waals surface area contributed by atoms with Crippen LogP contribution >= 0.6 is 11.6 Å². The van der Waals surface area contributed by atoms with Crippen LogP contribution in [0.5, 0.6) is 0 Å². The van der Waals surface area contributed by atoms with Crippen LogP contribution in [-0.2, 0) is 16.0 Å². The second-order valence-corrected chi connectivity index (χ2v) is 7.42. The number of carbonyl (C=O) groups excluding carboxylic acids is 2. The van der Waals surface area contributed by atoms with Crippen LogP contribution in [0, 0.1) is 6.92 Å². The Kier molecular flexibility index (Phi) is 7.25. The summed E-state index contributed by atoms with van der Waals surface area (Å²) in [5.74, 6) is -0.750. The predicted octanol–water partition coefficient (Wildman–Crippen LogP) is 4.60. The van der Waals surface area contributed by atoms with Crippen molar-refractivity contribution in [1.82, 2.24) is 10.5 Å². The molecule has 30 heavy (non-hydrogen) atoms. The zero-order valence-electron chi connectivity index (χ0n) is 16.9. The third-order valence-corrected chi connectivity index (χ3v) is 4.98. The molecule has 0 spiro atoms. The summed E-state index contributed by atoms with van der Waals surface area (Å²) < 4.78 is 10.4. The summed E-state index contributed by atoms with van der Waals surface area (Å²) in [4.78, 5) is 24.8. The molecule has 1 atom stereocenters. The zero-order chi connectivity index (χ0) is 21.5. The lowest BCUT2D eigenvalue weighted by atomic mass is 10.1. The van der Waals surface area contributed by atoms with E-state index in [1.54, 1.807) is 31.2 Å². The molecule has 0 radical (unpaired) electrons. The zero-order valence-corrected chi connectivity index (χ0v) is 17.6. The number of benzene rings is 2. The van der Waals surface area contributed by atoms with Crippen LogP contribution in [0.4, 0.5) is 0 Å². The van der Waals surface area contributed by atoms with Crippen molar-refractivity contribution >= 4 is 23.5 Å². The van der Waals surface area contributed by atoms with E-state index in [-0.39, 0.29) is 24.1 Å². The third kappa shape index (κ3) is 5.48. The first-order valence-corrected chi connectivity index (χ1v) is 10.0. The maximum absolute atomic E-state index is 12.6. The van der Waals surface area contributed by atoms with Gasteiger partial charge in [0.1, 0.15) is 17.0 Å². The Labute approximate surface area is 180 Å². The summed E-state index contributed by atoms with van der Waals surface area (Å²) in [7, 11) is 0. The van der Waals surface area contributed by atoms with E-state index in [0.29, 0.717) is 22.0 Å². The van der Waals surface area contributed by atoms with Crippen molar-refractivity contribution in [1.29, 1.82) is 0 Å². The maximum Gasteiger partial charge on any atom is 0.344 e. The average molecular weight is 427 g/mol. The van der Waals surface area contributed by atoms with Gasteiger partial charge in [0.15, 0.2) is 6.61 Å². The van der Waals surface area contributed by atoms with Crippen molar-refractivity contribution in [2.24, 2.45) is 0 Å². The fraction of sp³-hybridized carbons (Fsp3) is 0.261. The van der Waals surface area contributed by atoms with Crippen LogP contribution in [0.1, 0.15) is 35.0 Å². The number of nitrogens with zero attached hydrogens (tertiary/aromatic N) is 1. The summed E-state index contributed by atoms with van der Waals surface area (Å²) in [6.07, 6.45) is 1.63. The molecule has 0 aliphatic heterocycles. The van der Waals surface area contributed by atoms with Gasteiger partial charge in [0.25, 0.3) is 5.91 Å². The summed E-state index contributed by atoms with van der Waals surface area (Å²) >= 11 is 6.21. The highest BCUT2D eigenvalue weighted by atomic mass is 35.5. The van der Waals surface area contributed by atoms with Gasteiger partial charge in [0.05, 0.1) is 5.02 Å². The second kappa shape index (κ2) is 10.1. The number of esters is 1. The van der Waals surface area contributed by atoms with E-state index in [1.165, 1.54) is 5.56 Å². The van der Waals surface area contributed by atoms with Gasteiger partial charge in [-0.25, -0.2) is 4.79 Å². The summed E-state index contributed by atoms with van der Waals surface area (Å²) in [5.41, 5.74) is 2.22. The lowest BCUT2D eigenvalue weighted by Gasteiger charge is -2.14. The van der Waals surface area contributed by atoms with Gasteiger partial charge in [-0.1, -0.05) is 65.3 Å². The van der Waals surface area contributed by atoms with Crippen molar-refractivity contribution in [2.75, 3.05) is 6.61 Å². The van der Waals surface area contributed by atoms with E-state index < -0.39 is 5.97 Å². The van der Waals surface area contributed by atoms with Gasteiger partial charge >= 0.3 is 5.97 Å². The van der Waals surface area contributed by atoms with E-state index in [0.717, 1.165) is 12.8 Å². The SMILES string of the molecule is Cc1onc(-c2ccccc2Cl)c1C(=O)OCC(=O)NC(C)CCc1ccccc1. The first-order chi connectivity index (χ1) is 14.5. The van der Waals surface area contributed by atoms with E-state index in [1.807, 2.05) is 37.3 Å². The van der Waals surface area contributed by atoms with Gasteiger partial charge in [0, 0.05) is 11.6 Å². The fourth-order valence-corrected chi connectivity index (χ4v) is 3.29. The van der Waals surface area contributed by atoms with Crippen molar-refractivity contribution in [3.8, 4) is 11.3 Å². The molecule has 1 unspecified atom stereocenters. The molecule has 3 aromatic rings. The second-order valence-electron chi connectivity index (χ2n) is 7.01. The molecule has 0 aliphatic carbocycles. The topological polar surface area (TPSA) is 81.4 Å². The molecule has 2 aromatic carbocycles. The molecule has 156 valence electrons. The largest absolute Gasteiger partial charge is 0.452 e. The minimum atomic E-state index is -0.684. The number of nitrogens with one attached hydrogen (secondary N) is 1. The van der Waals surface area contributed by atoms with Crippen LogP contribution in [0.15, 0.2) is 59.1 Å². The smallest absolute Gasteiger partial charge is 0.344 e. The standard InChI is InChI=1S/C23H23ClN2O4/c1-15(12-13-17-8-4-3-5-9-17)25-20(27)14-29-23(28)21-16(2)30-26-22(21)18-10-6-7-11-19(18)24/h3-11,15H,12-14H2,1-2H3,(H,25,27). The Balaban J connectivity index is 1.55. The molecule has 0 saturated heterocycles.